The van der Waals surface area contributed by atoms with E-state index in [0.717, 1.165) is 10.3 Å². The second-order valence-corrected chi connectivity index (χ2v) is 7.41. The average molecular weight is 437 g/mol. The summed E-state index contributed by atoms with van der Waals surface area (Å²) in [4.78, 5) is 15.0. The van der Waals surface area contributed by atoms with Gasteiger partial charge in [0.1, 0.15) is 5.69 Å². The minimum Gasteiger partial charge on any atom is -0.619 e. The first-order chi connectivity index (χ1) is 12.9. The molecule has 1 aliphatic heterocycles. The van der Waals surface area contributed by atoms with Crippen molar-refractivity contribution < 1.29 is 9.52 Å². The summed E-state index contributed by atoms with van der Waals surface area (Å²) < 4.78 is 2.52. The Bertz CT molecular complexity index is 1070. The predicted octanol–water partition coefficient (Wildman–Crippen LogP) is 4.13. The number of aromatic nitrogens is 3. The smallest absolute Gasteiger partial charge is 0.277 e. The van der Waals surface area contributed by atoms with Crippen LogP contribution in [0.3, 0.4) is 0 Å². The summed E-state index contributed by atoms with van der Waals surface area (Å²) in [6.07, 6.45) is 3.11. The lowest BCUT2D eigenvalue weighted by Gasteiger charge is -2.32. The third-order valence-electron chi connectivity index (χ3n) is 4.73. The van der Waals surface area contributed by atoms with E-state index in [0.29, 0.717) is 39.2 Å². The Labute approximate surface area is 179 Å². The quantitative estimate of drug-likeness (QED) is 0.447. The number of halogens is 2. The molecule has 0 bridgehead atoms. The highest BCUT2D eigenvalue weighted by Crippen LogP contribution is 2.34. The number of pyridine rings is 1. The number of fused-ring (bicyclic) bond motifs is 1. The minimum atomic E-state index is -0.171. The summed E-state index contributed by atoms with van der Waals surface area (Å²) in [7, 11) is 0. The van der Waals surface area contributed by atoms with Gasteiger partial charge < -0.3 is 10.1 Å². The highest BCUT2D eigenvalue weighted by atomic mass is 35.5. The molecule has 1 atom stereocenters. The number of rotatable bonds is 2. The van der Waals surface area contributed by atoms with Crippen LogP contribution in [-0.2, 0) is 0 Å². The summed E-state index contributed by atoms with van der Waals surface area (Å²) in [6.45, 7) is 4.19. The second-order valence-electron chi connectivity index (χ2n) is 6.60. The van der Waals surface area contributed by atoms with E-state index in [1.165, 1.54) is 6.20 Å². The Hall–Kier alpha value is -2.22. The van der Waals surface area contributed by atoms with Crippen LogP contribution in [0, 0.1) is 12.1 Å². The van der Waals surface area contributed by atoms with Crippen LogP contribution in [0.2, 0.25) is 10.0 Å². The fourth-order valence-electron chi connectivity index (χ4n) is 3.32. The number of hydrogen-bond acceptors (Lipinski definition) is 3. The molecule has 1 aliphatic rings. The van der Waals surface area contributed by atoms with Crippen molar-refractivity contribution in [3.63, 3.8) is 0 Å². The van der Waals surface area contributed by atoms with E-state index in [4.69, 9.17) is 23.2 Å². The highest BCUT2D eigenvalue weighted by molar-refractivity contribution is 7.59. The summed E-state index contributed by atoms with van der Waals surface area (Å²) >= 11 is 12.1. The normalized spacial score (nSPS) is 15.9. The van der Waals surface area contributed by atoms with Gasteiger partial charge in [-0.1, -0.05) is 23.2 Å². The zero-order valence-corrected chi connectivity index (χ0v) is 17.7. The maximum Gasteiger partial charge on any atom is 0.277 e. The molecule has 0 unspecified atom stereocenters. The molecular formula is C19H18Cl2N4O2S. The van der Waals surface area contributed by atoms with Crippen molar-refractivity contribution in [3.05, 3.63) is 69.4 Å². The van der Waals surface area contributed by atoms with Crippen LogP contribution in [0.5, 0.6) is 0 Å². The molecule has 146 valence electrons. The van der Waals surface area contributed by atoms with Gasteiger partial charge in [-0.3, -0.25) is 9.48 Å². The average Bonchev–Trinajstić information content (AvgIpc) is 3.09. The van der Waals surface area contributed by atoms with Gasteiger partial charge in [-0.15, -0.1) is 0 Å². The fraction of sp³-hybridized carbons (Fsp3) is 0.211. The molecule has 4 rings (SSSR count). The molecule has 28 heavy (non-hydrogen) atoms. The Morgan fingerprint density at radius 2 is 1.96 bits per heavy atom. The molecule has 0 radical (unpaired) electrons. The SMILES string of the molecule is Cc1cc(-c2cnn3c2C(=O)N(c2ccc(Cl)c(Cl)c2)C[C@@H]3C)cc[n+]1[O-].S. The molecule has 0 saturated carbocycles. The third kappa shape index (κ3) is 3.34. The molecule has 3 aromatic rings. The number of amides is 1. The standard InChI is InChI=1S/C19H16Cl2N4O2.H2S/c1-11-7-13(5-6-24(11)27)15-9-22-25-12(2)10-23(19(26)18(15)25)14-3-4-16(20)17(21)8-14;/h3-9,12H,10H2,1-2H3;1H2/t12-;/m0./s1. The Balaban J connectivity index is 0.00000225. The molecule has 0 aliphatic carbocycles. The first kappa shape index (κ1) is 20.5. The lowest BCUT2D eigenvalue weighted by molar-refractivity contribution is -0.612. The van der Waals surface area contributed by atoms with Crippen molar-refractivity contribution in [2.75, 3.05) is 11.4 Å². The van der Waals surface area contributed by atoms with E-state index >= 15 is 0 Å². The summed E-state index contributed by atoms with van der Waals surface area (Å²) in [5.41, 5.74) is 3.19. The molecule has 9 heteroatoms. The van der Waals surface area contributed by atoms with E-state index < -0.39 is 0 Å². The monoisotopic (exact) mass is 436 g/mol. The molecule has 0 N–H and O–H groups in total. The van der Waals surface area contributed by atoms with Gasteiger partial charge in [-0.2, -0.15) is 23.3 Å². The van der Waals surface area contributed by atoms with Crippen LogP contribution in [-0.4, -0.2) is 22.2 Å². The minimum absolute atomic E-state index is 0. The molecule has 0 saturated heterocycles. The van der Waals surface area contributed by atoms with Crippen molar-refractivity contribution in [1.29, 1.82) is 0 Å². The number of hydrogen-bond donors (Lipinski definition) is 0. The van der Waals surface area contributed by atoms with Gasteiger partial charge in [0, 0.05) is 36.9 Å². The lowest BCUT2D eigenvalue weighted by Crippen LogP contribution is -2.42. The van der Waals surface area contributed by atoms with Gasteiger partial charge in [0.25, 0.3) is 5.91 Å². The van der Waals surface area contributed by atoms with Gasteiger partial charge in [-0.25, -0.2) is 0 Å². The van der Waals surface area contributed by atoms with Crippen LogP contribution < -0.4 is 9.63 Å². The molecule has 1 aromatic carbocycles. The topological polar surface area (TPSA) is 65.1 Å². The Morgan fingerprint density at radius 1 is 1.21 bits per heavy atom. The van der Waals surface area contributed by atoms with Crippen molar-refractivity contribution in [3.8, 4) is 11.1 Å². The molecule has 0 fully saturated rings. The third-order valence-corrected chi connectivity index (χ3v) is 5.47. The second kappa shape index (κ2) is 7.66. The first-order valence-corrected chi connectivity index (χ1v) is 9.17. The van der Waals surface area contributed by atoms with Crippen LogP contribution in [0.15, 0.2) is 42.7 Å². The zero-order valence-electron chi connectivity index (χ0n) is 15.2. The maximum absolute atomic E-state index is 13.3. The van der Waals surface area contributed by atoms with Crippen molar-refractivity contribution >= 4 is 48.3 Å². The molecule has 3 heterocycles. The van der Waals surface area contributed by atoms with Gasteiger partial charge in [0.2, 0.25) is 0 Å². The number of anilines is 1. The van der Waals surface area contributed by atoms with E-state index in [2.05, 4.69) is 5.10 Å². The molecule has 2 aromatic heterocycles. The first-order valence-electron chi connectivity index (χ1n) is 8.41. The largest absolute Gasteiger partial charge is 0.619 e. The van der Waals surface area contributed by atoms with Crippen molar-refractivity contribution in [2.45, 2.75) is 19.9 Å². The van der Waals surface area contributed by atoms with Crippen LogP contribution in [0.1, 0.15) is 29.1 Å². The van der Waals surface area contributed by atoms with Crippen LogP contribution in [0.4, 0.5) is 5.69 Å². The summed E-state index contributed by atoms with van der Waals surface area (Å²) in [5.74, 6) is -0.171. The molecular weight excluding hydrogens is 419 g/mol. The Morgan fingerprint density at radius 3 is 2.64 bits per heavy atom. The number of nitrogens with zero attached hydrogens (tertiary/aromatic N) is 4. The van der Waals surface area contributed by atoms with Gasteiger partial charge in [0.15, 0.2) is 11.9 Å². The van der Waals surface area contributed by atoms with Crippen molar-refractivity contribution in [1.82, 2.24) is 9.78 Å². The van der Waals surface area contributed by atoms with E-state index in [1.807, 2.05) is 6.92 Å². The number of aryl methyl sites for hydroxylation is 1. The number of carbonyl (C=O) groups excluding carboxylic acids is 1. The molecule has 6 nitrogen and oxygen atoms in total. The Kier molecular flexibility index (Phi) is 5.61. The predicted molar refractivity (Wildman–Crippen MR) is 115 cm³/mol. The molecule has 0 spiro atoms. The lowest BCUT2D eigenvalue weighted by atomic mass is 10.0. The van der Waals surface area contributed by atoms with Gasteiger partial charge in [0.05, 0.1) is 22.3 Å². The maximum atomic E-state index is 13.3. The zero-order chi connectivity index (χ0) is 19.3. The molecule has 1 amide bonds. The van der Waals surface area contributed by atoms with E-state index in [-0.39, 0.29) is 25.4 Å². The van der Waals surface area contributed by atoms with Crippen LogP contribution >= 0.6 is 36.7 Å². The van der Waals surface area contributed by atoms with E-state index in [9.17, 15) is 10.0 Å². The van der Waals surface area contributed by atoms with Gasteiger partial charge in [-0.05, 0) is 30.7 Å². The number of benzene rings is 1. The summed E-state index contributed by atoms with van der Waals surface area (Å²) in [6, 6.07) is 8.56. The highest BCUT2D eigenvalue weighted by Gasteiger charge is 2.34. The van der Waals surface area contributed by atoms with Crippen LogP contribution in [0.25, 0.3) is 11.1 Å². The summed E-state index contributed by atoms with van der Waals surface area (Å²) in [5, 5.41) is 16.9. The number of carbonyl (C=O) groups is 1. The van der Waals surface area contributed by atoms with E-state index in [1.54, 1.807) is 53.0 Å². The fourth-order valence-corrected chi connectivity index (χ4v) is 3.61. The van der Waals surface area contributed by atoms with Gasteiger partial charge >= 0.3 is 0 Å². The van der Waals surface area contributed by atoms with Crippen molar-refractivity contribution in [2.24, 2.45) is 0 Å².